The summed E-state index contributed by atoms with van der Waals surface area (Å²) in [7, 11) is 0. The molecule has 0 aliphatic rings. The minimum Gasteiger partial charge on any atom is -0.507 e. The van der Waals surface area contributed by atoms with Crippen LogP contribution in [0.15, 0.2) is 18.2 Å². The second-order valence-electron chi connectivity index (χ2n) is 4.36. The number of carbonyl (C=O) groups is 1. The van der Waals surface area contributed by atoms with Crippen LogP contribution < -0.4 is 4.74 Å². The lowest BCUT2D eigenvalue weighted by Crippen LogP contribution is -2.04. The second kappa shape index (κ2) is 6.83. The molecule has 0 aliphatic carbocycles. The lowest BCUT2D eigenvalue weighted by atomic mass is 10.0. The summed E-state index contributed by atoms with van der Waals surface area (Å²) in [6.45, 7) is 5.86. The number of hydrogen-bond acceptors (Lipinski definition) is 3. The number of carboxylic acids is 1. The summed E-state index contributed by atoms with van der Waals surface area (Å²) in [6.07, 6.45) is 5.88. The maximum absolute atomic E-state index is 11.0. The fourth-order valence-corrected chi connectivity index (χ4v) is 1.81. The van der Waals surface area contributed by atoms with Gasteiger partial charge in [-0.05, 0) is 38.3 Å². The van der Waals surface area contributed by atoms with Gasteiger partial charge in [-0.3, -0.25) is 0 Å². The monoisotopic (exact) mass is 264 g/mol. The van der Waals surface area contributed by atoms with Crippen molar-refractivity contribution >= 4 is 5.97 Å². The SMILES string of the molecule is CCC=CCCOc1cc(C)c(C(=O)O)c(O)c1C. The summed E-state index contributed by atoms with van der Waals surface area (Å²) in [5.41, 5.74) is 0.896. The van der Waals surface area contributed by atoms with Crippen LogP contribution in [0.25, 0.3) is 0 Å². The van der Waals surface area contributed by atoms with Crippen molar-refractivity contribution in [1.82, 2.24) is 0 Å². The predicted octanol–water partition coefficient (Wildman–Crippen LogP) is 3.44. The Morgan fingerprint density at radius 3 is 2.63 bits per heavy atom. The Labute approximate surface area is 113 Å². The molecule has 0 unspecified atom stereocenters. The molecule has 4 heteroatoms. The molecule has 4 nitrogen and oxygen atoms in total. The van der Waals surface area contributed by atoms with Crippen LogP contribution in [0, 0.1) is 13.8 Å². The van der Waals surface area contributed by atoms with Gasteiger partial charge in [0.05, 0.1) is 6.61 Å². The van der Waals surface area contributed by atoms with Crippen LogP contribution in [-0.4, -0.2) is 22.8 Å². The molecule has 0 aliphatic heterocycles. The van der Waals surface area contributed by atoms with Crippen molar-refractivity contribution < 1.29 is 19.7 Å². The lowest BCUT2D eigenvalue weighted by molar-refractivity contribution is 0.0692. The number of benzene rings is 1. The molecular formula is C15H20O4. The Bertz CT molecular complexity index is 489. The highest BCUT2D eigenvalue weighted by molar-refractivity contribution is 5.93. The lowest BCUT2D eigenvalue weighted by Gasteiger charge is -2.13. The fourth-order valence-electron chi connectivity index (χ4n) is 1.81. The Morgan fingerprint density at radius 1 is 1.37 bits per heavy atom. The van der Waals surface area contributed by atoms with Gasteiger partial charge in [-0.2, -0.15) is 0 Å². The molecule has 0 bridgehead atoms. The van der Waals surface area contributed by atoms with Crippen molar-refractivity contribution in [2.75, 3.05) is 6.61 Å². The summed E-state index contributed by atoms with van der Waals surface area (Å²) in [5, 5.41) is 18.9. The molecule has 2 N–H and O–H groups in total. The zero-order chi connectivity index (χ0) is 14.4. The van der Waals surface area contributed by atoms with Crippen molar-refractivity contribution in [3.63, 3.8) is 0 Å². The van der Waals surface area contributed by atoms with E-state index in [0.717, 1.165) is 12.8 Å². The molecule has 0 fully saturated rings. The van der Waals surface area contributed by atoms with Gasteiger partial charge in [0.25, 0.3) is 0 Å². The Morgan fingerprint density at radius 2 is 2.05 bits per heavy atom. The zero-order valence-corrected chi connectivity index (χ0v) is 11.6. The summed E-state index contributed by atoms with van der Waals surface area (Å²) in [5.74, 6) is -0.813. The highest BCUT2D eigenvalue weighted by atomic mass is 16.5. The summed E-state index contributed by atoms with van der Waals surface area (Å²) in [6, 6.07) is 1.65. The smallest absolute Gasteiger partial charge is 0.339 e. The molecule has 0 radical (unpaired) electrons. The highest BCUT2D eigenvalue weighted by Crippen LogP contribution is 2.33. The maximum atomic E-state index is 11.0. The van der Waals surface area contributed by atoms with Gasteiger partial charge in [0, 0.05) is 5.56 Å². The Balaban J connectivity index is 2.86. The zero-order valence-electron chi connectivity index (χ0n) is 11.6. The number of aryl methyl sites for hydroxylation is 1. The van der Waals surface area contributed by atoms with Gasteiger partial charge in [-0.25, -0.2) is 4.79 Å². The maximum Gasteiger partial charge on any atom is 0.339 e. The number of ether oxygens (including phenoxy) is 1. The molecule has 0 saturated heterocycles. The van der Waals surface area contributed by atoms with E-state index in [1.165, 1.54) is 0 Å². The fraction of sp³-hybridized carbons (Fsp3) is 0.400. The number of aromatic hydroxyl groups is 1. The van der Waals surface area contributed by atoms with Gasteiger partial charge in [-0.1, -0.05) is 19.1 Å². The van der Waals surface area contributed by atoms with E-state index in [1.807, 2.05) is 6.08 Å². The highest BCUT2D eigenvalue weighted by Gasteiger charge is 2.18. The topological polar surface area (TPSA) is 66.8 Å². The van der Waals surface area contributed by atoms with E-state index in [9.17, 15) is 9.90 Å². The first-order chi connectivity index (χ1) is 8.99. The first-order valence-corrected chi connectivity index (χ1v) is 6.33. The molecule has 1 rings (SSSR count). The molecule has 0 saturated carbocycles. The van der Waals surface area contributed by atoms with Crippen LogP contribution in [0.5, 0.6) is 11.5 Å². The second-order valence-corrected chi connectivity index (χ2v) is 4.36. The summed E-state index contributed by atoms with van der Waals surface area (Å²) < 4.78 is 5.58. The largest absolute Gasteiger partial charge is 0.507 e. The first-order valence-electron chi connectivity index (χ1n) is 6.33. The van der Waals surface area contributed by atoms with E-state index >= 15 is 0 Å². The van der Waals surface area contributed by atoms with Crippen LogP contribution in [0.4, 0.5) is 0 Å². The summed E-state index contributed by atoms with van der Waals surface area (Å²) in [4.78, 5) is 11.0. The Kier molecular flexibility index (Phi) is 5.42. The number of allylic oxidation sites excluding steroid dienone is 1. The number of hydrogen-bond donors (Lipinski definition) is 2. The normalized spacial score (nSPS) is 10.9. The summed E-state index contributed by atoms with van der Waals surface area (Å²) >= 11 is 0. The molecule has 19 heavy (non-hydrogen) atoms. The number of rotatable bonds is 6. The molecular weight excluding hydrogens is 244 g/mol. The van der Waals surface area contributed by atoms with Crippen LogP contribution >= 0.6 is 0 Å². The molecule has 0 aromatic heterocycles. The van der Waals surface area contributed by atoms with Crippen molar-refractivity contribution in [1.29, 1.82) is 0 Å². The van der Waals surface area contributed by atoms with Crippen molar-refractivity contribution in [2.24, 2.45) is 0 Å². The van der Waals surface area contributed by atoms with Crippen LogP contribution in [0.1, 0.15) is 41.3 Å². The van der Waals surface area contributed by atoms with Gasteiger partial charge in [0.2, 0.25) is 0 Å². The van der Waals surface area contributed by atoms with Gasteiger partial charge >= 0.3 is 5.97 Å². The van der Waals surface area contributed by atoms with E-state index in [4.69, 9.17) is 9.84 Å². The first kappa shape index (κ1) is 15.1. The Hall–Kier alpha value is -1.97. The van der Waals surface area contributed by atoms with Gasteiger partial charge in [0.1, 0.15) is 17.1 Å². The molecule has 104 valence electrons. The van der Waals surface area contributed by atoms with Gasteiger partial charge in [-0.15, -0.1) is 0 Å². The van der Waals surface area contributed by atoms with E-state index in [-0.39, 0.29) is 11.3 Å². The third-order valence-corrected chi connectivity index (χ3v) is 2.86. The number of carboxylic acid groups (broad SMARTS) is 1. The van der Waals surface area contributed by atoms with Crippen molar-refractivity contribution in [3.8, 4) is 11.5 Å². The molecule has 0 spiro atoms. The van der Waals surface area contributed by atoms with Crippen LogP contribution in [0.2, 0.25) is 0 Å². The van der Waals surface area contributed by atoms with Crippen molar-refractivity contribution in [3.05, 3.63) is 34.9 Å². The third-order valence-electron chi connectivity index (χ3n) is 2.86. The standard InChI is InChI=1S/C15H20O4/c1-4-5-6-7-8-19-12-9-10(2)13(15(17)18)14(16)11(12)3/h5-6,9,16H,4,7-8H2,1-3H3,(H,17,18). The molecule has 0 atom stereocenters. The van der Waals surface area contributed by atoms with Crippen LogP contribution in [-0.2, 0) is 0 Å². The van der Waals surface area contributed by atoms with E-state index < -0.39 is 5.97 Å². The average molecular weight is 264 g/mol. The average Bonchev–Trinajstić information content (AvgIpc) is 2.34. The molecule has 1 aromatic carbocycles. The minimum atomic E-state index is -1.13. The predicted molar refractivity (Wildman–Crippen MR) is 74.1 cm³/mol. The molecule has 1 aromatic rings. The van der Waals surface area contributed by atoms with E-state index in [0.29, 0.717) is 23.5 Å². The molecule has 0 heterocycles. The number of phenols is 1. The van der Waals surface area contributed by atoms with Gasteiger partial charge < -0.3 is 14.9 Å². The van der Waals surface area contributed by atoms with E-state index in [1.54, 1.807) is 19.9 Å². The van der Waals surface area contributed by atoms with Gasteiger partial charge in [0.15, 0.2) is 0 Å². The quantitative estimate of drug-likeness (QED) is 0.610. The van der Waals surface area contributed by atoms with E-state index in [2.05, 4.69) is 13.0 Å². The van der Waals surface area contributed by atoms with Crippen molar-refractivity contribution in [2.45, 2.75) is 33.6 Å². The number of aromatic carboxylic acids is 1. The minimum absolute atomic E-state index is 0.0595. The third kappa shape index (κ3) is 3.74. The van der Waals surface area contributed by atoms with Crippen LogP contribution in [0.3, 0.4) is 0 Å². The molecule has 0 amide bonds.